The highest BCUT2D eigenvalue weighted by Crippen LogP contribution is 2.44. The fourth-order valence-corrected chi connectivity index (χ4v) is 4.82. The van der Waals surface area contributed by atoms with E-state index in [1.807, 2.05) is 13.8 Å². The molecule has 0 bridgehead atoms. The summed E-state index contributed by atoms with van der Waals surface area (Å²) in [5, 5.41) is 11.3. The normalized spacial score (nSPS) is 17.9. The highest BCUT2D eigenvalue weighted by Gasteiger charge is 2.51. The van der Waals surface area contributed by atoms with Gasteiger partial charge in [-0.2, -0.15) is 4.98 Å². The summed E-state index contributed by atoms with van der Waals surface area (Å²) in [6.45, 7) is 15.5. The molecule has 6 heteroatoms. The molecule has 3 rings (SSSR count). The number of aromatic nitrogens is 2. The molecule has 0 aliphatic carbocycles. The number of aryl methyl sites for hydroxylation is 4. The number of fused-ring (bicyclic) bond motifs is 1. The molecule has 31 heavy (non-hydrogen) atoms. The zero-order valence-corrected chi connectivity index (χ0v) is 20.0. The van der Waals surface area contributed by atoms with E-state index in [1.54, 1.807) is 4.90 Å². The molecular formula is C25H36N4O2. The molecule has 1 aliphatic heterocycles. The first-order valence-corrected chi connectivity index (χ1v) is 11.5. The molecule has 1 aliphatic rings. The van der Waals surface area contributed by atoms with Gasteiger partial charge in [0.05, 0.1) is 11.3 Å². The molecule has 1 amide bonds. The number of rotatable bonds is 8. The Bertz CT molecular complexity index is 965. The third-order valence-electron chi connectivity index (χ3n) is 6.29. The Hall–Kier alpha value is -2.47. The maximum atomic E-state index is 13.2. The van der Waals surface area contributed by atoms with Gasteiger partial charge in [0.15, 0.2) is 5.60 Å². The van der Waals surface area contributed by atoms with E-state index in [-0.39, 0.29) is 5.91 Å². The quantitative estimate of drug-likeness (QED) is 0.604. The molecule has 1 aromatic carbocycles. The van der Waals surface area contributed by atoms with Crippen LogP contribution in [0.4, 0.5) is 17.5 Å². The number of hydrogen-bond donors (Lipinski definition) is 1. The zero-order chi connectivity index (χ0) is 22.9. The van der Waals surface area contributed by atoms with Crippen LogP contribution in [-0.4, -0.2) is 34.1 Å². The number of hydrogen-bond acceptors (Lipinski definition) is 5. The van der Waals surface area contributed by atoms with E-state index in [9.17, 15) is 9.90 Å². The molecule has 1 unspecified atom stereocenters. The van der Waals surface area contributed by atoms with E-state index in [0.717, 1.165) is 24.9 Å². The third kappa shape index (κ3) is 3.93. The standard InChI is InChI=1S/C25H36N4O2/c1-8-11-12-13-29-22-20(25(31,9-2)23(29)30)19(7)26-24(27-22)28(10-3)21-17(5)14-16(4)15-18(21)6/h14-15,31H,8-13H2,1-7H3. The van der Waals surface area contributed by atoms with Gasteiger partial charge in [-0.1, -0.05) is 44.4 Å². The molecule has 2 aromatic rings. The summed E-state index contributed by atoms with van der Waals surface area (Å²) in [5.74, 6) is 0.859. The Morgan fingerprint density at radius 3 is 2.23 bits per heavy atom. The predicted molar refractivity (Wildman–Crippen MR) is 126 cm³/mol. The molecule has 0 saturated heterocycles. The van der Waals surface area contributed by atoms with E-state index >= 15 is 0 Å². The number of benzene rings is 1. The number of carbonyl (C=O) groups is 1. The maximum Gasteiger partial charge on any atom is 0.264 e. The molecule has 1 N–H and O–H groups in total. The van der Waals surface area contributed by atoms with Crippen LogP contribution in [0.2, 0.25) is 0 Å². The van der Waals surface area contributed by atoms with Crippen LogP contribution < -0.4 is 9.80 Å². The van der Waals surface area contributed by atoms with E-state index in [4.69, 9.17) is 9.97 Å². The van der Waals surface area contributed by atoms with Crippen molar-refractivity contribution < 1.29 is 9.90 Å². The SMILES string of the molecule is CCCCCN1C(=O)C(O)(CC)c2c(C)nc(N(CC)c3c(C)cc(C)cc3C)nc21. The highest BCUT2D eigenvalue weighted by molar-refractivity contribution is 6.06. The van der Waals surface area contributed by atoms with Crippen LogP contribution in [0.3, 0.4) is 0 Å². The van der Waals surface area contributed by atoms with E-state index in [2.05, 4.69) is 51.7 Å². The second kappa shape index (κ2) is 8.95. The summed E-state index contributed by atoms with van der Waals surface area (Å²) < 4.78 is 0. The van der Waals surface area contributed by atoms with Crippen molar-refractivity contribution >= 4 is 23.4 Å². The lowest BCUT2D eigenvalue weighted by atomic mass is 9.92. The van der Waals surface area contributed by atoms with Crippen LogP contribution in [0.15, 0.2) is 12.1 Å². The third-order valence-corrected chi connectivity index (χ3v) is 6.29. The smallest absolute Gasteiger partial charge is 0.264 e. The Labute approximate surface area is 186 Å². The molecular weight excluding hydrogens is 388 g/mol. The van der Waals surface area contributed by atoms with Crippen molar-refractivity contribution in [3.8, 4) is 0 Å². The van der Waals surface area contributed by atoms with Gasteiger partial charge in [-0.3, -0.25) is 9.69 Å². The minimum absolute atomic E-state index is 0.276. The molecule has 0 radical (unpaired) electrons. The number of amides is 1. The number of unbranched alkanes of at least 4 members (excludes halogenated alkanes) is 2. The minimum atomic E-state index is -1.54. The summed E-state index contributed by atoms with van der Waals surface area (Å²) in [5.41, 5.74) is 4.34. The van der Waals surface area contributed by atoms with Crippen LogP contribution >= 0.6 is 0 Å². The number of carbonyl (C=O) groups excluding carboxylic acids is 1. The lowest BCUT2D eigenvalue weighted by Gasteiger charge is -2.27. The summed E-state index contributed by atoms with van der Waals surface area (Å²) in [4.78, 5) is 26.7. The molecule has 0 fully saturated rings. The van der Waals surface area contributed by atoms with E-state index in [0.29, 0.717) is 42.5 Å². The van der Waals surface area contributed by atoms with Crippen LogP contribution in [0, 0.1) is 27.7 Å². The van der Waals surface area contributed by atoms with Gasteiger partial charge in [0.1, 0.15) is 5.82 Å². The Morgan fingerprint density at radius 1 is 1.03 bits per heavy atom. The lowest BCUT2D eigenvalue weighted by molar-refractivity contribution is -0.136. The molecule has 1 atom stereocenters. The van der Waals surface area contributed by atoms with Crippen LogP contribution in [0.5, 0.6) is 0 Å². The second-order valence-corrected chi connectivity index (χ2v) is 8.68. The number of nitrogens with zero attached hydrogens (tertiary/aromatic N) is 4. The van der Waals surface area contributed by atoms with Crippen LogP contribution in [0.1, 0.15) is 74.4 Å². The topological polar surface area (TPSA) is 69.6 Å². The first kappa shape index (κ1) is 23.2. The van der Waals surface area contributed by atoms with Crippen molar-refractivity contribution in [2.24, 2.45) is 0 Å². The summed E-state index contributed by atoms with van der Waals surface area (Å²) in [6.07, 6.45) is 3.29. The Balaban J connectivity index is 2.15. The van der Waals surface area contributed by atoms with Crippen molar-refractivity contribution in [2.75, 3.05) is 22.9 Å². The fourth-order valence-electron chi connectivity index (χ4n) is 4.82. The fraction of sp³-hybridized carbons (Fsp3) is 0.560. The van der Waals surface area contributed by atoms with Gasteiger partial charge in [-0.25, -0.2) is 4.98 Å². The number of aliphatic hydroxyl groups is 1. The summed E-state index contributed by atoms with van der Waals surface area (Å²) >= 11 is 0. The van der Waals surface area contributed by atoms with Crippen molar-refractivity contribution in [3.05, 3.63) is 40.1 Å². The van der Waals surface area contributed by atoms with Crippen molar-refractivity contribution in [3.63, 3.8) is 0 Å². The Kier molecular flexibility index (Phi) is 6.70. The van der Waals surface area contributed by atoms with Gasteiger partial charge < -0.3 is 10.0 Å². The molecule has 168 valence electrons. The first-order valence-electron chi connectivity index (χ1n) is 11.5. The van der Waals surface area contributed by atoms with Crippen molar-refractivity contribution in [1.82, 2.24) is 9.97 Å². The van der Waals surface area contributed by atoms with Crippen LogP contribution in [0.25, 0.3) is 0 Å². The van der Waals surface area contributed by atoms with Gasteiger partial charge in [0, 0.05) is 18.8 Å². The average Bonchev–Trinajstić information content (AvgIpc) is 2.93. The highest BCUT2D eigenvalue weighted by atomic mass is 16.3. The molecule has 2 heterocycles. The first-order chi connectivity index (χ1) is 14.7. The van der Waals surface area contributed by atoms with Gasteiger partial charge in [0.25, 0.3) is 5.91 Å². The van der Waals surface area contributed by atoms with Crippen molar-refractivity contribution in [2.45, 2.75) is 79.8 Å². The second-order valence-electron chi connectivity index (χ2n) is 8.68. The molecule has 1 aromatic heterocycles. The van der Waals surface area contributed by atoms with Gasteiger partial charge in [0.2, 0.25) is 5.95 Å². The monoisotopic (exact) mass is 424 g/mol. The van der Waals surface area contributed by atoms with Gasteiger partial charge >= 0.3 is 0 Å². The van der Waals surface area contributed by atoms with Crippen LogP contribution in [-0.2, 0) is 10.4 Å². The minimum Gasteiger partial charge on any atom is -0.375 e. The molecule has 0 saturated carbocycles. The Morgan fingerprint density at radius 2 is 1.68 bits per heavy atom. The van der Waals surface area contributed by atoms with Crippen molar-refractivity contribution in [1.29, 1.82) is 0 Å². The summed E-state index contributed by atoms with van der Waals surface area (Å²) in [6, 6.07) is 4.34. The summed E-state index contributed by atoms with van der Waals surface area (Å²) in [7, 11) is 0. The predicted octanol–water partition coefficient (Wildman–Crippen LogP) is 5.00. The van der Waals surface area contributed by atoms with E-state index in [1.165, 1.54) is 16.7 Å². The molecule has 0 spiro atoms. The van der Waals surface area contributed by atoms with Gasteiger partial charge in [-0.05, 0) is 58.6 Å². The maximum absolute atomic E-state index is 13.2. The average molecular weight is 425 g/mol. The zero-order valence-electron chi connectivity index (χ0n) is 20.0. The largest absolute Gasteiger partial charge is 0.375 e. The number of anilines is 3. The lowest BCUT2D eigenvalue weighted by Crippen LogP contribution is -2.40. The van der Waals surface area contributed by atoms with E-state index < -0.39 is 5.60 Å². The molecule has 6 nitrogen and oxygen atoms in total. The van der Waals surface area contributed by atoms with Gasteiger partial charge in [-0.15, -0.1) is 0 Å².